The SMILES string of the molecule is C/C=C\C/C(C=O)=C\C.C=C.CCNC.CCNC.Cc1c[nH]c2c(C(=O)Nc3cccnc3)ncc(F)c12.O=CC=O. The van der Waals surface area contributed by atoms with Crippen LogP contribution in [0.5, 0.6) is 0 Å². The Morgan fingerprint density at radius 2 is 1.63 bits per heavy atom. The van der Waals surface area contributed by atoms with Crippen LogP contribution in [0.15, 0.2) is 73.9 Å². The van der Waals surface area contributed by atoms with Crippen LogP contribution in [0, 0.1) is 12.7 Å². The zero-order valence-electron chi connectivity index (χ0n) is 26.4. The van der Waals surface area contributed by atoms with Crippen LogP contribution in [0.3, 0.4) is 0 Å². The second-order valence-corrected chi connectivity index (χ2v) is 7.81. The van der Waals surface area contributed by atoms with Crippen molar-refractivity contribution in [3.05, 3.63) is 91.0 Å². The Morgan fingerprint density at radius 1 is 1.05 bits per heavy atom. The van der Waals surface area contributed by atoms with E-state index in [2.05, 4.69) is 57.9 Å². The average molecular weight is 599 g/mol. The van der Waals surface area contributed by atoms with Gasteiger partial charge in [0, 0.05) is 17.8 Å². The summed E-state index contributed by atoms with van der Waals surface area (Å²) in [5.41, 5.74) is 2.67. The van der Waals surface area contributed by atoms with Crippen LogP contribution < -0.4 is 16.0 Å². The Balaban J connectivity index is -0.000000579. The van der Waals surface area contributed by atoms with Crippen LogP contribution in [0.25, 0.3) is 10.9 Å². The number of pyridine rings is 2. The highest BCUT2D eigenvalue weighted by atomic mass is 19.1. The van der Waals surface area contributed by atoms with Crippen molar-refractivity contribution in [2.45, 2.75) is 41.0 Å². The number of H-pyrrole nitrogens is 1. The number of amides is 1. The van der Waals surface area contributed by atoms with Gasteiger partial charge in [-0.15, -0.1) is 13.2 Å². The van der Waals surface area contributed by atoms with Gasteiger partial charge in [0.2, 0.25) is 0 Å². The van der Waals surface area contributed by atoms with Gasteiger partial charge in [0.25, 0.3) is 5.91 Å². The summed E-state index contributed by atoms with van der Waals surface area (Å²) in [6.45, 7) is 17.9. The van der Waals surface area contributed by atoms with Crippen LogP contribution >= 0.6 is 0 Å². The first-order valence-electron chi connectivity index (χ1n) is 13.5. The normalized spacial score (nSPS) is 9.53. The van der Waals surface area contributed by atoms with Crippen molar-refractivity contribution in [1.82, 2.24) is 25.6 Å². The molecule has 0 saturated carbocycles. The number of nitrogens with zero attached hydrogens (tertiary/aromatic N) is 2. The molecule has 0 aromatic carbocycles. The molecule has 0 unspecified atom stereocenters. The van der Waals surface area contributed by atoms with E-state index in [1.807, 2.05) is 46.2 Å². The van der Waals surface area contributed by atoms with E-state index in [0.717, 1.165) is 43.1 Å². The van der Waals surface area contributed by atoms with E-state index >= 15 is 0 Å². The number of aryl methyl sites for hydroxylation is 1. The van der Waals surface area contributed by atoms with Gasteiger partial charge in [-0.2, -0.15) is 0 Å². The Kier molecular flexibility index (Phi) is 30.2. The van der Waals surface area contributed by atoms with Gasteiger partial charge < -0.3 is 20.9 Å². The molecule has 3 heterocycles. The van der Waals surface area contributed by atoms with E-state index < -0.39 is 11.7 Å². The molecule has 0 aliphatic heterocycles. The quantitative estimate of drug-likeness (QED) is 0.117. The van der Waals surface area contributed by atoms with Crippen LogP contribution in [0.1, 0.15) is 50.2 Å². The number of rotatable bonds is 8. The Bertz CT molecular complexity index is 1210. The molecule has 0 radical (unpaired) electrons. The van der Waals surface area contributed by atoms with E-state index in [-0.39, 0.29) is 18.3 Å². The first kappa shape index (κ1) is 42.9. The monoisotopic (exact) mass is 598 g/mol. The highest BCUT2D eigenvalue weighted by Gasteiger charge is 2.17. The molecule has 11 heteroatoms. The van der Waals surface area contributed by atoms with Crippen LogP contribution in [-0.2, 0) is 14.4 Å². The molecule has 10 nitrogen and oxygen atoms in total. The number of carbonyl (C=O) groups is 4. The number of fused-ring (bicyclic) bond motifs is 1. The number of aromatic amines is 1. The summed E-state index contributed by atoms with van der Waals surface area (Å²) >= 11 is 0. The molecule has 3 aromatic heterocycles. The highest BCUT2D eigenvalue weighted by molar-refractivity contribution is 6.11. The summed E-state index contributed by atoms with van der Waals surface area (Å²) in [6.07, 6.45) is 13.6. The van der Waals surface area contributed by atoms with Gasteiger partial charge in [0.1, 0.15) is 6.29 Å². The second-order valence-electron chi connectivity index (χ2n) is 7.81. The number of allylic oxidation sites excluding steroid dienone is 4. The lowest BCUT2D eigenvalue weighted by molar-refractivity contribution is -0.122. The number of carbonyl (C=O) groups excluding carboxylic acids is 4. The van der Waals surface area contributed by atoms with Crippen LogP contribution in [0.2, 0.25) is 0 Å². The van der Waals surface area contributed by atoms with E-state index in [4.69, 9.17) is 9.59 Å². The molecule has 0 aliphatic carbocycles. The van der Waals surface area contributed by atoms with Crippen molar-refractivity contribution in [3.63, 3.8) is 0 Å². The van der Waals surface area contributed by atoms with Crippen molar-refractivity contribution >= 4 is 41.4 Å². The van der Waals surface area contributed by atoms with Gasteiger partial charge in [-0.25, -0.2) is 9.37 Å². The molecular weight excluding hydrogens is 551 g/mol. The summed E-state index contributed by atoms with van der Waals surface area (Å²) in [4.78, 5) is 50.6. The minimum atomic E-state index is -0.448. The molecule has 3 aromatic rings. The molecule has 0 fully saturated rings. The molecule has 43 heavy (non-hydrogen) atoms. The first-order valence-corrected chi connectivity index (χ1v) is 13.5. The lowest BCUT2D eigenvalue weighted by Gasteiger charge is -2.05. The molecule has 0 atom stereocenters. The number of halogens is 1. The Morgan fingerprint density at radius 3 is 2.05 bits per heavy atom. The third kappa shape index (κ3) is 20.0. The maximum Gasteiger partial charge on any atom is 0.276 e. The van der Waals surface area contributed by atoms with Gasteiger partial charge in [0.15, 0.2) is 24.1 Å². The second kappa shape index (κ2) is 30.4. The molecule has 236 valence electrons. The fourth-order valence-corrected chi connectivity index (χ4v) is 2.55. The van der Waals surface area contributed by atoms with Crippen molar-refractivity contribution < 1.29 is 23.6 Å². The molecule has 0 aliphatic rings. The lowest BCUT2D eigenvalue weighted by atomic mass is 10.2. The van der Waals surface area contributed by atoms with Gasteiger partial charge in [-0.05, 0) is 77.6 Å². The number of hydrogen-bond donors (Lipinski definition) is 4. The fraction of sp³-hybridized carbons (Fsp3) is 0.312. The molecule has 0 bridgehead atoms. The van der Waals surface area contributed by atoms with Gasteiger partial charge in [0.05, 0.1) is 23.6 Å². The predicted octanol–water partition coefficient (Wildman–Crippen LogP) is 5.39. The number of aromatic nitrogens is 3. The average Bonchev–Trinajstić information content (AvgIpc) is 3.45. The number of hydrogen-bond acceptors (Lipinski definition) is 8. The summed E-state index contributed by atoms with van der Waals surface area (Å²) in [5.74, 6) is -0.860. The third-order valence-electron chi connectivity index (χ3n) is 4.87. The predicted molar refractivity (Wildman–Crippen MR) is 175 cm³/mol. The number of anilines is 1. The zero-order chi connectivity index (χ0) is 33.5. The van der Waals surface area contributed by atoms with E-state index in [9.17, 15) is 14.0 Å². The summed E-state index contributed by atoms with van der Waals surface area (Å²) < 4.78 is 13.7. The van der Waals surface area contributed by atoms with Crippen molar-refractivity contribution in [2.75, 3.05) is 32.5 Å². The van der Waals surface area contributed by atoms with E-state index in [1.54, 1.807) is 31.5 Å². The van der Waals surface area contributed by atoms with Gasteiger partial charge in [-0.1, -0.05) is 32.1 Å². The maximum atomic E-state index is 13.7. The standard InChI is InChI=1S/C14H11FN4O.C8H12O.2C3H9N.C2H2O2.C2H4/c1-8-5-17-12-11(8)10(15)7-18-13(12)14(20)19-9-3-2-4-16-6-9;1-3-5-6-8(4-2)7-9;2*1-3-4-2;3-1-2-4;1-2/h2-7,17H,1H3,(H,19,20);3-5,7H,6H2,1-2H3;2*4H,3H2,1-2H3;1-2H;1-2H2/b;5-3-,8-4+;;;;. The summed E-state index contributed by atoms with van der Waals surface area (Å²) in [7, 11) is 3.86. The van der Waals surface area contributed by atoms with Crippen molar-refractivity contribution in [1.29, 1.82) is 0 Å². The fourth-order valence-electron chi connectivity index (χ4n) is 2.55. The van der Waals surface area contributed by atoms with Crippen LogP contribution in [0.4, 0.5) is 10.1 Å². The van der Waals surface area contributed by atoms with Gasteiger partial charge >= 0.3 is 0 Å². The zero-order valence-corrected chi connectivity index (χ0v) is 26.4. The van der Waals surface area contributed by atoms with Crippen molar-refractivity contribution in [3.8, 4) is 0 Å². The van der Waals surface area contributed by atoms with E-state index in [0.29, 0.717) is 16.6 Å². The Labute approximate surface area is 255 Å². The number of nitrogens with one attached hydrogen (secondary N) is 4. The van der Waals surface area contributed by atoms with Gasteiger partial charge in [-0.3, -0.25) is 24.2 Å². The molecule has 1 amide bonds. The lowest BCUT2D eigenvalue weighted by Crippen LogP contribution is -2.14. The van der Waals surface area contributed by atoms with Crippen LogP contribution in [-0.4, -0.2) is 66.9 Å². The maximum absolute atomic E-state index is 13.7. The largest absolute Gasteiger partial charge is 0.359 e. The smallest absolute Gasteiger partial charge is 0.276 e. The van der Waals surface area contributed by atoms with E-state index in [1.165, 1.54) is 6.20 Å². The number of aldehydes is 3. The molecule has 3 rings (SSSR count). The third-order valence-corrected chi connectivity index (χ3v) is 4.87. The Hall–Kier alpha value is -4.61. The minimum Gasteiger partial charge on any atom is -0.359 e. The molecular formula is C32H47FN6O4. The van der Waals surface area contributed by atoms with Crippen molar-refractivity contribution in [2.24, 2.45) is 0 Å². The minimum absolute atomic E-state index is 0.151. The topological polar surface area (TPSA) is 146 Å². The summed E-state index contributed by atoms with van der Waals surface area (Å²) in [5, 5.41) is 8.92. The molecule has 0 saturated heterocycles. The molecule has 0 spiro atoms. The highest BCUT2D eigenvalue weighted by Crippen LogP contribution is 2.23. The molecule has 4 N–H and O–H groups in total. The summed E-state index contributed by atoms with van der Waals surface area (Å²) in [6, 6.07) is 3.42. The first-order chi connectivity index (χ1) is 20.8.